The van der Waals surface area contributed by atoms with Gasteiger partial charge >= 0.3 is 0 Å². The Morgan fingerprint density at radius 3 is 3.06 bits per heavy atom. The molecular formula is C12H18N2OS. The van der Waals surface area contributed by atoms with Crippen LogP contribution in [0.4, 0.5) is 0 Å². The van der Waals surface area contributed by atoms with Crippen LogP contribution in [0.1, 0.15) is 37.9 Å². The molecule has 2 aliphatic rings. The molecule has 88 valence electrons. The molecular weight excluding hydrogens is 220 g/mol. The van der Waals surface area contributed by atoms with Crippen molar-refractivity contribution in [3.05, 3.63) is 16.6 Å². The van der Waals surface area contributed by atoms with E-state index in [-0.39, 0.29) is 0 Å². The molecule has 0 radical (unpaired) electrons. The lowest BCUT2D eigenvalue weighted by molar-refractivity contribution is 0.0792. The van der Waals surface area contributed by atoms with E-state index in [0.29, 0.717) is 18.2 Å². The molecule has 3 nitrogen and oxygen atoms in total. The summed E-state index contributed by atoms with van der Waals surface area (Å²) in [6.07, 6.45) is 4.32. The van der Waals surface area contributed by atoms with Crippen LogP contribution in [-0.2, 0) is 4.74 Å². The zero-order valence-corrected chi connectivity index (χ0v) is 10.4. The number of hydrogen-bond donors (Lipinski definition) is 1. The molecule has 3 atom stereocenters. The number of aromatic nitrogens is 1. The maximum Gasteiger partial charge on any atom is 0.0795 e. The molecule has 3 rings (SSSR count). The first-order valence-electron chi connectivity index (χ1n) is 6.10. The van der Waals surface area contributed by atoms with Crippen molar-refractivity contribution in [1.82, 2.24) is 10.3 Å². The van der Waals surface area contributed by atoms with Crippen LogP contribution in [0.25, 0.3) is 0 Å². The van der Waals surface area contributed by atoms with Gasteiger partial charge < -0.3 is 10.1 Å². The Labute approximate surface area is 100 Å². The number of thiazole rings is 1. The lowest BCUT2D eigenvalue weighted by Crippen LogP contribution is -2.39. The summed E-state index contributed by atoms with van der Waals surface area (Å²) in [6.45, 7) is 3.11. The fourth-order valence-corrected chi connectivity index (χ4v) is 3.17. The second-order valence-corrected chi connectivity index (χ2v) is 5.59. The Morgan fingerprint density at radius 2 is 2.38 bits per heavy atom. The number of nitrogens with zero attached hydrogens (tertiary/aromatic N) is 1. The number of rotatable bonds is 4. The summed E-state index contributed by atoms with van der Waals surface area (Å²) in [5, 5.41) is 5.80. The summed E-state index contributed by atoms with van der Waals surface area (Å²) in [7, 11) is 0. The van der Waals surface area contributed by atoms with E-state index in [1.807, 2.05) is 5.51 Å². The first-order valence-corrected chi connectivity index (χ1v) is 7.04. The summed E-state index contributed by atoms with van der Waals surface area (Å²) >= 11 is 1.66. The van der Waals surface area contributed by atoms with E-state index in [2.05, 4.69) is 22.6 Å². The fourth-order valence-electron chi connectivity index (χ4n) is 2.52. The Morgan fingerprint density at radius 1 is 1.50 bits per heavy atom. The van der Waals surface area contributed by atoms with Gasteiger partial charge in [0.2, 0.25) is 0 Å². The van der Waals surface area contributed by atoms with Gasteiger partial charge in [-0.3, -0.25) is 0 Å². The fraction of sp³-hybridized carbons (Fsp3) is 0.750. The maximum absolute atomic E-state index is 5.83. The summed E-state index contributed by atoms with van der Waals surface area (Å²) in [4.78, 5) is 4.36. The van der Waals surface area contributed by atoms with Crippen LogP contribution in [0.15, 0.2) is 10.9 Å². The minimum atomic E-state index is 0.346. The SMILES string of the molecule is CC(NC1CCOC1C1CC1)c1cscn1. The molecule has 16 heavy (non-hydrogen) atoms. The van der Waals surface area contributed by atoms with Crippen molar-refractivity contribution in [3.63, 3.8) is 0 Å². The highest BCUT2D eigenvalue weighted by Gasteiger charge is 2.40. The third-order valence-electron chi connectivity index (χ3n) is 3.58. The molecule has 0 amide bonds. The molecule has 0 spiro atoms. The lowest BCUT2D eigenvalue weighted by atomic mass is 10.0. The minimum Gasteiger partial charge on any atom is -0.376 e. The standard InChI is InChI=1S/C12H18N2OS/c1-8(11-6-16-7-13-11)14-10-4-5-15-12(10)9-2-3-9/h6-10,12,14H,2-5H2,1H3. The van der Waals surface area contributed by atoms with Gasteiger partial charge in [-0.15, -0.1) is 11.3 Å². The Balaban J connectivity index is 1.61. The van der Waals surface area contributed by atoms with Crippen LogP contribution in [0.2, 0.25) is 0 Å². The lowest BCUT2D eigenvalue weighted by Gasteiger charge is -2.23. The van der Waals surface area contributed by atoms with Crippen LogP contribution < -0.4 is 5.32 Å². The molecule has 0 aromatic carbocycles. The maximum atomic E-state index is 5.83. The Bertz CT molecular complexity index is 337. The van der Waals surface area contributed by atoms with E-state index in [1.54, 1.807) is 11.3 Å². The van der Waals surface area contributed by atoms with Crippen molar-refractivity contribution < 1.29 is 4.74 Å². The molecule has 1 saturated carbocycles. The molecule has 1 aliphatic heterocycles. The highest BCUT2D eigenvalue weighted by Crippen LogP contribution is 2.39. The predicted octanol–water partition coefficient (Wildman–Crippen LogP) is 2.36. The van der Waals surface area contributed by atoms with Gasteiger partial charge in [0, 0.05) is 24.1 Å². The highest BCUT2D eigenvalue weighted by atomic mass is 32.1. The molecule has 4 heteroatoms. The zero-order valence-electron chi connectivity index (χ0n) is 9.56. The molecule has 2 heterocycles. The first kappa shape index (κ1) is 10.7. The molecule has 1 aromatic rings. The van der Waals surface area contributed by atoms with Crippen LogP contribution in [0.3, 0.4) is 0 Å². The highest BCUT2D eigenvalue weighted by molar-refractivity contribution is 7.07. The average molecular weight is 238 g/mol. The van der Waals surface area contributed by atoms with Gasteiger partial charge in [0.15, 0.2) is 0 Å². The van der Waals surface area contributed by atoms with E-state index in [1.165, 1.54) is 12.8 Å². The number of nitrogens with one attached hydrogen (secondary N) is 1. The molecule has 3 unspecified atom stereocenters. The van der Waals surface area contributed by atoms with E-state index < -0.39 is 0 Å². The molecule has 1 aliphatic carbocycles. The monoisotopic (exact) mass is 238 g/mol. The average Bonchev–Trinajstić information content (AvgIpc) is 2.83. The van der Waals surface area contributed by atoms with Crippen LogP contribution in [0, 0.1) is 5.92 Å². The topological polar surface area (TPSA) is 34.1 Å². The molecule has 1 aromatic heterocycles. The van der Waals surface area contributed by atoms with Gasteiger partial charge in [-0.2, -0.15) is 0 Å². The van der Waals surface area contributed by atoms with E-state index in [4.69, 9.17) is 4.74 Å². The molecule has 1 N–H and O–H groups in total. The van der Waals surface area contributed by atoms with Crippen molar-refractivity contribution in [2.24, 2.45) is 5.92 Å². The second kappa shape index (κ2) is 4.43. The summed E-state index contributed by atoms with van der Waals surface area (Å²) in [5.74, 6) is 0.822. The third kappa shape index (κ3) is 2.14. The van der Waals surface area contributed by atoms with Crippen molar-refractivity contribution in [1.29, 1.82) is 0 Å². The number of hydrogen-bond acceptors (Lipinski definition) is 4. The molecule has 1 saturated heterocycles. The first-order chi connectivity index (χ1) is 7.84. The van der Waals surface area contributed by atoms with Crippen LogP contribution in [0.5, 0.6) is 0 Å². The second-order valence-electron chi connectivity index (χ2n) is 4.87. The third-order valence-corrected chi connectivity index (χ3v) is 4.19. The quantitative estimate of drug-likeness (QED) is 0.874. The van der Waals surface area contributed by atoms with E-state index in [9.17, 15) is 0 Å². The largest absolute Gasteiger partial charge is 0.376 e. The summed E-state index contributed by atoms with van der Waals surface area (Å²) in [5.41, 5.74) is 3.06. The van der Waals surface area contributed by atoms with Crippen molar-refractivity contribution in [2.45, 2.75) is 44.4 Å². The van der Waals surface area contributed by atoms with E-state index in [0.717, 1.165) is 24.6 Å². The van der Waals surface area contributed by atoms with Crippen molar-refractivity contribution in [3.8, 4) is 0 Å². The van der Waals surface area contributed by atoms with Gasteiger partial charge in [0.05, 0.1) is 17.3 Å². The molecule has 2 fully saturated rings. The smallest absolute Gasteiger partial charge is 0.0795 e. The van der Waals surface area contributed by atoms with Gasteiger partial charge in [-0.05, 0) is 32.1 Å². The van der Waals surface area contributed by atoms with Crippen LogP contribution in [-0.4, -0.2) is 23.7 Å². The van der Waals surface area contributed by atoms with Gasteiger partial charge in [0.25, 0.3) is 0 Å². The zero-order chi connectivity index (χ0) is 11.0. The minimum absolute atomic E-state index is 0.346. The van der Waals surface area contributed by atoms with Crippen LogP contribution >= 0.6 is 11.3 Å². The van der Waals surface area contributed by atoms with Gasteiger partial charge in [-0.25, -0.2) is 4.98 Å². The van der Waals surface area contributed by atoms with Crippen molar-refractivity contribution in [2.75, 3.05) is 6.61 Å². The number of ether oxygens (including phenoxy) is 1. The van der Waals surface area contributed by atoms with Crippen molar-refractivity contribution >= 4 is 11.3 Å². The molecule has 0 bridgehead atoms. The summed E-state index contributed by atoms with van der Waals surface area (Å²) < 4.78 is 5.83. The normalized spacial score (nSPS) is 31.8. The summed E-state index contributed by atoms with van der Waals surface area (Å²) in [6, 6.07) is 0.878. The predicted molar refractivity (Wildman–Crippen MR) is 64.5 cm³/mol. The van der Waals surface area contributed by atoms with E-state index >= 15 is 0 Å². The Kier molecular flexibility index (Phi) is 2.96. The van der Waals surface area contributed by atoms with Gasteiger partial charge in [0.1, 0.15) is 0 Å². The van der Waals surface area contributed by atoms with Gasteiger partial charge in [-0.1, -0.05) is 0 Å². The Hall–Kier alpha value is -0.450.